The molecular weight excluding hydrogens is 312 g/mol. The Morgan fingerprint density at radius 2 is 2.00 bits per heavy atom. The van der Waals surface area contributed by atoms with Crippen molar-refractivity contribution in [1.29, 1.82) is 0 Å². The molecule has 0 radical (unpaired) electrons. The molecule has 0 heterocycles. The highest BCUT2D eigenvalue weighted by atomic mass is 127. The third-order valence-corrected chi connectivity index (χ3v) is 1.93. The van der Waals surface area contributed by atoms with E-state index in [1.807, 2.05) is 14.1 Å². The van der Waals surface area contributed by atoms with E-state index in [-0.39, 0.29) is 29.5 Å². The van der Waals surface area contributed by atoms with Crippen molar-refractivity contribution in [2.45, 2.75) is 0 Å². The van der Waals surface area contributed by atoms with Crippen LogP contribution in [0.4, 0.5) is 10.1 Å². The zero-order chi connectivity index (χ0) is 10.7. The number of halogens is 2. The summed E-state index contributed by atoms with van der Waals surface area (Å²) < 4.78 is 17.8. The summed E-state index contributed by atoms with van der Waals surface area (Å²) in [6.07, 6.45) is 0. The van der Waals surface area contributed by atoms with Gasteiger partial charge in [-0.25, -0.2) is 9.18 Å². The van der Waals surface area contributed by atoms with Gasteiger partial charge >= 0.3 is 5.97 Å². The van der Waals surface area contributed by atoms with Crippen LogP contribution in [0.15, 0.2) is 18.2 Å². The molecule has 1 N–H and O–H groups in total. The molecule has 0 fully saturated rings. The Bertz CT molecular complexity index is 355. The van der Waals surface area contributed by atoms with E-state index in [0.717, 1.165) is 4.90 Å². The first kappa shape index (κ1) is 14.3. The first-order chi connectivity index (χ1) is 6.56. The topological polar surface area (TPSA) is 30.7 Å². The molecule has 0 aliphatic heterocycles. The van der Waals surface area contributed by atoms with Gasteiger partial charge in [0.25, 0.3) is 0 Å². The van der Waals surface area contributed by atoms with Crippen molar-refractivity contribution in [2.24, 2.45) is 0 Å². The molecule has 84 valence electrons. The molecule has 0 aliphatic carbocycles. The van der Waals surface area contributed by atoms with Crippen molar-refractivity contribution in [1.82, 2.24) is 0 Å². The lowest BCUT2D eigenvalue weighted by Gasteiger charge is -2.08. The van der Waals surface area contributed by atoms with E-state index >= 15 is 0 Å². The van der Waals surface area contributed by atoms with Gasteiger partial charge in [0, 0.05) is 6.07 Å². The maximum atomic E-state index is 13.4. The fourth-order valence-electron chi connectivity index (χ4n) is 1.17. The maximum absolute atomic E-state index is 13.4. The van der Waals surface area contributed by atoms with Gasteiger partial charge < -0.3 is 33.6 Å². The monoisotopic (exact) mass is 325 g/mol. The Labute approximate surface area is 105 Å². The summed E-state index contributed by atoms with van der Waals surface area (Å²) in [5.74, 6) is -0.919. The SMILES string of the molecule is COC(=O)c1ccc([NH+](C)C)c(F)c1.[I-]. The number of benzene rings is 1. The van der Waals surface area contributed by atoms with Gasteiger partial charge in [-0.05, 0) is 12.1 Å². The highest BCUT2D eigenvalue weighted by molar-refractivity contribution is 5.89. The smallest absolute Gasteiger partial charge is 0.337 e. The zero-order valence-electron chi connectivity index (χ0n) is 8.80. The second-order valence-corrected chi connectivity index (χ2v) is 3.19. The van der Waals surface area contributed by atoms with Gasteiger partial charge in [-0.15, -0.1) is 0 Å². The van der Waals surface area contributed by atoms with Crippen molar-refractivity contribution < 1.29 is 42.8 Å². The first-order valence-electron chi connectivity index (χ1n) is 4.24. The number of rotatable bonds is 2. The minimum Gasteiger partial charge on any atom is -1.00 e. The van der Waals surface area contributed by atoms with Crippen molar-refractivity contribution >= 4 is 11.7 Å². The molecule has 15 heavy (non-hydrogen) atoms. The van der Waals surface area contributed by atoms with Gasteiger partial charge in [-0.1, -0.05) is 0 Å². The van der Waals surface area contributed by atoms with E-state index in [1.54, 1.807) is 12.1 Å². The zero-order valence-corrected chi connectivity index (χ0v) is 11.0. The van der Waals surface area contributed by atoms with Crippen LogP contribution < -0.4 is 28.9 Å². The van der Waals surface area contributed by atoms with E-state index in [0.29, 0.717) is 5.69 Å². The van der Waals surface area contributed by atoms with Crippen LogP contribution in [0.1, 0.15) is 10.4 Å². The average molecular weight is 325 g/mol. The lowest BCUT2D eigenvalue weighted by Crippen LogP contribution is -3.00. The normalized spacial score (nSPS) is 9.67. The average Bonchev–Trinajstić information content (AvgIpc) is 2.15. The van der Waals surface area contributed by atoms with Crippen LogP contribution in [0, 0.1) is 5.82 Å². The Balaban J connectivity index is 0.00000196. The second-order valence-electron chi connectivity index (χ2n) is 3.19. The number of hydrogen-bond acceptors (Lipinski definition) is 2. The molecule has 0 amide bonds. The van der Waals surface area contributed by atoms with Gasteiger partial charge in [0.2, 0.25) is 0 Å². The fourth-order valence-corrected chi connectivity index (χ4v) is 1.17. The lowest BCUT2D eigenvalue weighted by atomic mass is 10.2. The molecule has 0 aliphatic rings. The Morgan fingerprint density at radius 1 is 1.40 bits per heavy atom. The molecule has 1 rings (SSSR count). The van der Waals surface area contributed by atoms with Gasteiger partial charge in [0.15, 0.2) is 11.5 Å². The van der Waals surface area contributed by atoms with E-state index in [2.05, 4.69) is 4.74 Å². The molecule has 0 unspecified atom stereocenters. The summed E-state index contributed by atoms with van der Waals surface area (Å²) in [5, 5.41) is 0. The highest BCUT2D eigenvalue weighted by Crippen LogP contribution is 2.12. The predicted molar refractivity (Wildman–Crippen MR) is 50.2 cm³/mol. The minimum atomic E-state index is -0.524. The standard InChI is InChI=1S/C10H12FNO2.HI/c1-12(2)9-5-4-7(6-8(9)11)10(13)14-3;/h4-6H,1-3H3;1H. The molecule has 0 aromatic heterocycles. The number of carbonyl (C=O) groups is 1. The van der Waals surface area contributed by atoms with Crippen molar-refractivity contribution in [3.05, 3.63) is 29.6 Å². The first-order valence-corrected chi connectivity index (χ1v) is 4.24. The molecule has 0 saturated heterocycles. The minimum absolute atomic E-state index is 0. The second kappa shape index (κ2) is 6.02. The van der Waals surface area contributed by atoms with Crippen LogP contribution in [-0.4, -0.2) is 27.2 Å². The summed E-state index contributed by atoms with van der Waals surface area (Å²) in [6.45, 7) is 0. The number of carbonyl (C=O) groups excluding carboxylic acids is 1. The Morgan fingerprint density at radius 3 is 2.40 bits per heavy atom. The molecule has 3 nitrogen and oxygen atoms in total. The molecule has 1 aromatic carbocycles. The largest absolute Gasteiger partial charge is 1.00 e. The van der Waals surface area contributed by atoms with Gasteiger partial charge in [0.1, 0.15) is 0 Å². The number of esters is 1. The Kier molecular flexibility index (Phi) is 5.74. The van der Waals surface area contributed by atoms with Crippen LogP contribution in [-0.2, 0) is 4.74 Å². The maximum Gasteiger partial charge on any atom is 0.337 e. The van der Waals surface area contributed by atoms with Crippen molar-refractivity contribution in [3.63, 3.8) is 0 Å². The number of methoxy groups -OCH3 is 1. The van der Waals surface area contributed by atoms with Crippen molar-refractivity contribution in [2.75, 3.05) is 21.2 Å². The number of nitrogens with one attached hydrogen (secondary N) is 1. The van der Waals surface area contributed by atoms with Crippen LogP contribution in [0.5, 0.6) is 0 Å². The van der Waals surface area contributed by atoms with E-state index in [4.69, 9.17) is 0 Å². The van der Waals surface area contributed by atoms with E-state index in [9.17, 15) is 9.18 Å². The fraction of sp³-hybridized carbons (Fsp3) is 0.300. The Hall–Kier alpha value is -0.690. The third kappa shape index (κ3) is 3.42. The predicted octanol–water partition coefficient (Wildman–Crippen LogP) is -2.61. The summed E-state index contributed by atoms with van der Waals surface area (Å²) in [5.41, 5.74) is 0.757. The molecule has 0 spiro atoms. The lowest BCUT2D eigenvalue weighted by molar-refractivity contribution is -0.787. The highest BCUT2D eigenvalue weighted by Gasteiger charge is 2.13. The summed E-state index contributed by atoms with van der Waals surface area (Å²) in [6, 6.07) is 4.32. The molecule has 0 saturated carbocycles. The summed E-state index contributed by atoms with van der Waals surface area (Å²) >= 11 is 0. The van der Waals surface area contributed by atoms with Crippen LogP contribution in [0.3, 0.4) is 0 Å². The third-order valence-electron chi connectivity index (χ3n) is 1.93. The van der Waals surface area contributed by atoms with E-state index < -0.39 is 11.8 Å². The quantitative estimate of drug-likeness (QED) is 0.477. The van der Waals surface area contributed by atoms with Crippen LogP contribution in [0.25, 0.3) is 0 Å². The number of quaternary nitrogens is 1. The van der Waals surface area contributed by atoms with Crippen LogP contribution in [0.2, 0.25) is 0 Å². The van der Waals surface area contributed by atoms with Gasteiger partial charge in [-0.2, -0.15) is 0 Å². The van der Waals surface area contributed by atoms with Gasteiger partial charge in [0.05, 0.1) is 26.8 Å². The number of hydrogen-bond donors (Lipinski definition) is 1. The van der Waals surface area contributed by atoms with E-state index in [1.165, 1.54) is 13.2 Å². The number of ether oxygens (including phenoxy) is 1. The summed E-state index contributed by atoms with van der Waals surface area (Å²) in [7, 11) is 4.90. The molecular formula is C10H13FINO2. The van der Waals surface area contributed by atoms with Crippen LogP contribution >= 0.6 is 0 Å². The molecule has 1 aromatic rings. The van der Waals surface area contributed by atoms with Gasteiger partial charge in [-0.3, -0.25) is 0 Å². The summed E-state index contributed by atoms with van der Waals surface area (Å²) in [4.78, 5) is 11.9. The van der Waals surface area contributed by atoms with Crippen molar-refractivity contribution in [3.8, 4) is 0 Å². The molecule has 5 heteroatoms. The molecule has 0 bridgehead atoms. The molecule has 0 atom stereocenters.